The van der Waals surface area contributed by atoms with E-state index in [1.54, 1.807) is 12.1 Å². The van der Waals surface area contributed by atoms with E-state index in [4.69, 9.17) is 4.74 Å². The predicted octanol–water partition coefficient (Wildman–Crippen LogP) is 7.26. The smallest absolute Gasteiger partial charge is 0.414 e. The first kappa shape index (κ1) is 22.2. The van der Waals surface area contributed by atoms with Crippen LogP contribution >= 0.6 is 11.8 Å². The van der Waals surface area contributed by atoms with Crippen LogP contribution in [0, 0.1) is 5.82 Å². The molecule has 0 N–H and O–H groups in total. The van der Waals surface area contributed by atoms with Gasteiger partial charge in [0.15, 0.2) is 0 Å². The standard InChI is InChI=1S/C29H24FNO2S/c1-21-20-33-28(32)31(21)25-17-18-27(26(30)19-25)34-29(22-11-5-2-6-12-22,23-13-7-3-8-14-23)24-15-9-4-10-16-24/h2-19,21H,20H2,1H3. The summed E-state index contributed by atoms with van der Waals surface area (Å²) in [6, 6.07) is 35.4. The Hall–Kier alpha value is -3.57. The monoisotopic (exact) mass is 469 g/mol. The summed E-state index contributed by atoms with van der Waals surface area (Å²) in [5, 5.41) is 0. The number of nitrogens with zero attached hydrogens (tertiary/aromatic N) is 1. The van der Waals surface area contributed by atoms with Gasteiger partial charge >= 0.3 is 6.09 Å². The minimum absolute atomic E-state index is 0.137. The Labute approximate surface area is 203 Å². The summed E-state index contributed by atoms with van der Waals surface area (Å²) < 4.78 is 20.1. The molecule has 3 nitrogen and oxygen atoms in total. The third-order valence-corrected chi connectivity index (χ3v) is 7.65. The lowest BCUT2D eigenvalue weighted by atomic mass is 9.84. The van der Waals surface area contributed by atoms with Crippen molar-refractivity contribution < 1.29 is 13.9 Å². The van der Waals surface area contributed by atoms with Crippen molar-refractivity contribution in [3.63, 3.8) is 0 Å². The second-order valence-corrected chi connectivity index (χ2v) is 9.55. The van der Waals surface area contributed by atoms with E-state index < -0.39 is 10.8 Å². The molecule has 1 atom stereocenters. The molecule has 5 heteroatoms. The molecule has 0 bridgehead atoms. The van der Waals surface area contributed by atoms with E-state index in [0.29, 0.717) is 17.2 Å². The molecule has 0 aromatic heterocycles. The number of ether oxygens (including phenoxy) is 1. The van der Waals surface area contributed by atoms with Crippen molar-refractivity contribution >= 4 is 23.5 Å². The zero-order valence-corrected chi connectivity index (χ0v) is 19.5. The number of halogens is 1. The fraction of sp³-hybridized carbons (Fsp3) is 0.138. The van der Waals surface area contributed by atoms with Gasteiger partial charge in [0.25, 0.3) is 0 Å². The summed E-state index contributed by atoms with van der Waals surface area (Å²) in [4.78, 5) is 14.1. The highest BCUT2D eigenvalue weighted by molar-refractivity contribution is 8.00. The fourth-order valence-electron chi connectivity index (χ4n) is 4.46. The van der Waals surface area contributed by atoms with E-state index in [9.17, 15) is 4.79 Å². The summed E-state index contributed by atoms with van der Waals surface area (Å²) in [6.45, 7) is 2.19. The van der Waals surface area contributed by atoms with Gasteiger partial charge in [-0.25, -0.2) is 9.18 Å². The summed E-state index contributed by atoms with van der Waals surface area (Å²) in [7, 11) is 0. The van der Waals surface area contributed by atoms with Crippen LogP contribution in [-0.2, 0) is 9.48 Å². The molecule has 1 aliphatic heterocycles. The molecule has 1 heterocycles. The number of carbonyl (C=O) groups is 1. The minimum atomic E-state index is -0.675. The lowest BCUT2D eigenvalue weighted by Crippen LogP contribution is -2.31. The first-order valence-electron chi connectivity index (χ1n) is 11.2. The van der Waals surface area contributed by atoms with Gasteiger partial charge in [0.2, 0.25) is 0 Å². The Bertz CT molecular complexity index is 1180. The van der Waals surface area contributed by atoms with Crippen molar-refractivity contribution in [2.24, 2.45) is 0 Å². The van der Waals surface area contributed by atoms with E-state index in [-0.39, 0.29) is 11.9 Å². The molecular weight excluding hydrogens is 445 g/mol. The summed E-state index contributed by atoms with van der Waals surface area (Å²) in [6.07, 6.45) is -0.445. The molecule has 0 aliphatic carbocycles. The molecule has 1 unspecified atom stereocenters. The first-order valence-corrected chi connectivity index (χ1v) is 12.0. The van der Waals surface area contributed by atoms with Crippen LogP contribution in [0.25, 0.3) is 0 Å². The lowest BCUT2D eigenvalue weighted by Gasteiger charge is -2.35. The minimum Gasteiger partial charge on any atom is -0.447 e. The number of thioether (sulfide) groups is 1. The third-order valence-electron chi connectivity index (χ3n) is 6.08. The van der Waals surface area contributed by atoms with Crippen molar-refractivity contribution in [2.45, 2.75) is 22.6 Å². The maximum Gasteiger partial charge on any atom is 0.414 e. The number of hydrogen-bond donors (Lipinski definition) is 0. The number of rotatable bonds is 6. The van der Waals surface area contributed by atoms with E-state index in [0.717, 1.165) is 16.7 Å². The quantitative estimate of drug-likeness (QED) is 0.220. The van der Waals surface area contributed by atoms with Crippen LogP contribution in [0.1, 0.15) is 23.6 Å². The van der Waals surface area contributed by atoms with Crippen LogP contribution < -0.4 is 4.90 Å². The van der Waals surface area contributed by atoms with Crippen LogP contribution in [0.3, 0.4) is 0 Å². The maximum atomic E-state index is 15.6. The van der Waals surface area contributed by atoms with E-state index >= 15 is 4.39 Å². The van der Waals surface area contributed by atoms with Crippen LogP contribution in [0.15, 0.2) is 114 Å². The zero-order chi connectivity index (χ0) is 23.5. The maximum absolute atomic E-state index is 15.6. The van der Waals surface area contributed by atoms with Gasteiger partial charge in [0.05, 0.1) is 16.5 Å². The van der Waals surface area contributed by atoms with Gasteiger partial charge in [0.1, 0.15) is 12.4 Å². The van der Waals surface area contributed by atoms with Crippen LogP contribution in [0.5, 0.6) is 0 Å². The van der Waals surface area contributed by atoms with Gasteiger partial charge in [-0.1, -0.05) is 91.0 Å². The molecule has 170 valence electrons. The Morgan fingerprint density at radius 3 is 1.74 bits per heavy atom. The molecular formula is C29H24FNO2S. The molecule has 1 amide bonds. The zero-order valence-electron chi connectivity index (χ0n) is 18.7. The van der Waals surface area contributed by atoms with Gasteiger partial charge in [-0.05, 0) is 41.8 Å². The molecule has 0 radical (unpaired) electrons. The van der Waals surface area contributed by atoms with Crippen LogP contribution in [-0.4, -0.2) is 18.7 Å². The molecule has 5 rings (SSSR count). The number of anilines is 1. The SMILES string of the molecule is CC1COC(=O)N1c1ccc(SC(c2ccccc2)(c2ccccc2)c2ccccc2)c(F)c1. The van der Waals surface area contributed by atoms with E-state index in [1.165, 1.54) is 22.7 Å². The average Bonchev–Trinajstić information content (AvgIpc) is 3.22. The van der Waals surface area contributed by atoms with Gasteiger partial charge in [-0.15, -0.1) is 11.8 Å². The van der Waals surface area contributed by atoms with Crippen LogP contribution in [0.4, 0.5) is 14.9 Å². The van der Waals surface area contributed by atoms with Crippen molar-refractivity contribution in [3.8, 4) is 0 Å². The van der Waals surface area contributed by atoms with Gasteiger partial charge < -0.3 is 4.74 Å². The van der Waals surface area contributed by atoms with Crippen LogP contribution in [0.2, 0.25) is 0 Å². The fourth-order valence-corrected chi connectivity index (χ4v) is 5.84. The largest absolute Gasteiger partial charge is 0.447 e. The second-order valence-electron chi connectivity index (χ2n) is 8.29. The number of hydrogen-bond acceptors (Lipinski definition) is 3. The summed E-state index contributed by atoms with van der Waals surface area (Å²) >= 11 is 1.47. The number of amides is 1. The first-order chi connectivity index (χ1) is 16.6. The normalized spacial score (nSPS) is 15.9. The molecule has 1 fully saturated rings. The molecule has 34 heavy (non-hydrogen) atoms. The number of benzene rings is 4. The highest BCUT2D eigenvalue weighted by atomic mass is 32.2. The van der Waals surface area contributed by atoms with Crippen molar-refractivity contribution in [1.82, 2.24) is 0 Å². The summed E-state index contributed by atoms with van der Waals surface area (Å²) in [5.74, 6) is -0.374. The highest BCUT2D eigenvalue weighted by Gasteiger charge is 2.38. The van der Waals surface area contributed by atoms with Crippen molar-refractivity contribution in [1.29, 1.82) is 0 Å². The third kappa shape index (κ3) is 3.97. The summed E-state index contributed by atoms with van der Waals surface area (Å²) in [5.41, 5.74) is 3.66. The van der Waals surface area contributed by atoms with E-state index in [1.807, 2.05) is 61.5 Å². The number of carbonyl (C=O) groups excluding carboxylic acids is 1. The topological polar surface area (TPSA) is 29.5 Å². The van der Waals surface area contributed by atoms with Crippen molar-refractivity contribution in [3.05, 3.63) is 132 Å². The van der Waals surface area contributed by atoms with Gasteiger partial charge in [0, 0.05) is 4.90 Å². The molecule has 1 aliphatic rings. The Kier molecular flexibility index (Phi) is 6.12. The lowest BCUT2D eigenvalue weighted by molar-refractivity contribution is 0.179. The number of cyclic esters (lactones) is 1. The van der Waals surface area contributed by atoms with Gasteiger partial charge in [-0.2, -0.15) is 0 Å². The van der Waals surface area contributed by atoms with E-state index in [2.05, 4.69) is 36.4 Å². The predicted molar refractivity (Wildman–Crippen MR) is 135 cm³/mol. The highest BCUT2D eigenvalue weighted by Crippen LogP contribution is 2.52. The Morgan fingerprint density at radius 1 is 0.824 bits per heavy atom. The molecule has 1 saturated heterocycles. The Morgan fingerprint density at radius 2 is 1.32 bits per heavy atom. The molecule has 0 spiro atoms. The average molecular weight is 470 g/mol. The molecule has 4 aromatic rings. The van der Waals surface area contributed by atoms with Gasteiger partial charge in [-0.3, -0.25) is 4.90 Å². The Balaban J connectivity index is 1.66. The second kappa shape index (κ2) is 9.35. The molecule has 0 saturated carbocycles. The molecule has 4 aromatic carbocycles. The van der Waals surface area contributed by atoms with Crippen molar-refractivity contribution in [2.75, 3.05) is 11.5 Å².